The van der Waals surface area contributed by atoms with Crippen LogP contribution in [0.2, 0.25) is 0 Å². The number of nitrogens with one attached hydrogen (secondary N) is 1. The Labute approximate surface area is 178 Å². The molecule has 0 aliphatic heterocycles. The maximum Gasteiger partial charge on any atom is 0.335 e. The van der Waals surface area contributed by atoms with E-state index in [1.54, 1.807) is 32.0 Å². The highest BCUT2D eigenvalue weighted by Gasteiger charge is 2.19. The van der Waals surface area contributed by atoms with Crippen LogP contribution in [-0.4, -0.2) is 25.8 Å². The van der Waals surface area contributed by atoms with E-state index >= 15 is 0 Å². The second-order valence-corrected chi connectivity index (χ2v) is 7.64. The lowest BCUT2D eigenvalue weighted by Crippen LogP contribution is -2.31. The van der Waals surface area contributed by atoms with Crippen LogP contribution in [0.5, 0.6) is 5.88 Å². The molecule has 0 bridgehead atoms. The second-order valence-electron chi connectivity index (χ2n) is 6.73. The predicted octanol–water partition coefficient (Wildman–Crippen LogP) is 3.58. The smallest absolute Gasteiger partial charge is 0.335 e. The van der Waals surface area contributed by atoms with E-state index in [1.165, 1.54) is 6.07 Å². The molecule has 0 fully saturated rings. The van der Waals surface area contributed by atoms with Crippen molar-refractivity contribution in [2.24, 2.45) is 4.99 Å². The third kappa shape index (κ3) is 3.94. The summed E-state index contributed by atoms with van der Waals surface area (Å²) in [6.07, 6.45) is 1.01. The summed E-state index contributed by atoms with van der Waals surface area (Å²) in [4.78, 5) is 41.7. The SMILES string of the molecule is Cc1ccc(C)c(-n2c(O)c(C=Nc3c(C)cc(Br)cc3[N+](=O)[O-])c(=O)[nH]c2=O)c1. The Balaban J connectivity index is 2.23. The molecule has 0 atom stereocenters. The first-order valence-electron chi connectivity index (χ1n) is 8.74. The Kier molecular flexibility index (Phi) is 5.70. The van der Waals surface area contributed by atoms with Crippen LogP contribution in [0.15, 0.2) is 49.4 Å². The van der Waals surface area contributed by atoms with Crippen LogP contribution in [0.25, 0.3) is 5.69 Å². The van der Waals surface area contributed by atoms with E-state index in [-0.39, 0.29) is 16.9 Å². The minimum atomic E-state index is -0.861. The maximum atomic E-state index is 12.4. The van der Waals surface area contributed by atoms with Gasteiger partial charge in [0.05, 0.1) is 10.6 Å². The second kappa shape index (κ2) is 8.07. The quantitative estimate of drug-likeness (QED) is 0.340. The predicted molar refractivity (Wildman–Crippen MR) is 117 cm³/mol. The Hall–Kier alpha value is -3.53. The topological polar surface area (TPSA) is 131 Å². The molecule has 10 heteroatoms. The van der Waals surface area contributed by atoms with Crippen molar-refractivity contribution < 1.29 is 10.0 Å². The van der Waals surface area contributed by atoms with Crippen molar-refractivity contribution in [2.45, 2.75) is 20.8 Å². The molecule has 0 aliphatic rings. The van der Waals surface area contributed by atoms with Gasteiger partial charge in [-0.25, -0.2) is 14.4 Å². The highest BCUT2D eigenvalue weighted by Crippen LogP contribution is 2.34. The number of rotatable bonds is 4. The van der Waals surface area contributed by atoms with Gasteiger partial charge in [0.2, 0.25) is 5.88 Å². The molecule has 2 N–H and O–H groups in total. The van der Waals surface area contributed by atoms with Gasteiger partial charge in [-0.3, -0.25) is 19.9 Å². The molecule has 0 radical (unpaired) electrons. The summed E-state index contributed by atoms with van der Waals surface area (Å²) in [6.45, 7) is 5.22. The number of aromatic hydroxyl groups is 1. The van der Waals surface area contributed by atoms with Crippen molar-refractivity contribution >= 4 is 33.5 Å². The first-order chi connectivity index (χ1) is 14.1. The molecular formula is C20H17BrN4O5. The van der Waals surface area contributed by atoms with E-state index in [9.17, 15) is 24.8 Å². The van der Waals surface area contributed by atoms with Gasteiger partial charge in [0.1, 0.15) is 11.3 Å². The molecule has 1 aromatic heterocycles. The lowest BCUT2D eigenvalue weighted by atomic mass is 10.1. The molecule has 0 saturated carbocycles. The van der Waals surface area contributed by atoms with Crippen LogP contribution < -0.4 is 11.2 Å². The normalized spacial score (nSPS) is 11.2. The van der Waals surface area contributed by atoms with Crippen LogP contribution in [-0.2, 0) is 0 Å². The van der Waals surface area contributed by atoms with Gasteiger partial charge in [-0.05, 0) is 49.6 Å². The summed E-state index contributed by atoms with van der Waals surface area (Å²) in [6, 6.07) is 8.26. The van der Waals surface area contributed by atoms with Crippen molar-refractivity contribution in [3.63, 3.8) is 0 Å². The largest absolute Gasteiger partial charge is 0.493 e. The van der Waals surface area contributed by atoms with Gasteiger partial charge in [0, 0.05) is 16.8 Å². The zero-order valence-electron chi connectivity index (χ0n) is 16.3. The molecular weight excluding hydrogens is 456 g/mol. The van der Waals surface area contributed by atoms with Crippen LogP contribution in [0, 0.1) is 30.9 Å². The van der Waals surface area contributed by atoms with Gasteiger partial charge >= 0.3 is 5.69 Å². The zero-order chi connectivity index (χ0) is 22.2. The van der Waals surface area contributed by atoms with Crippen molar-refractivity contribution in [2.75, 3.05) is 0 Å². The number of hydrogen-bond donors (Lipinski definition) is 2. The monoisotopic (exact) mass is 472 g/mol. The number of halogens is 1. The maximum absolute atomic E-state index is 12.4. The first-order valence-corrected chi connectivity index (χ1v) is 9.54. The molecule has 154 valence electrons. The summed E-state index contributed by atoms with van der Waals surface area (Å²) in [7, 11) is 0. The molecule has 0 unspecified atom stereocenters. The highest BCUT2D eigenvalue weighted by molar-refractivity contribution is 9.10. The number of aryl methyl sites for hydroxylation is 3. The number of nitro groups is 1. The fourth-order valence-corrected chi connectivity index (χ4v) is 3.55. The molecule has 3 rings (SSSR count). The van der Waals surface area contributed by atoms with E-state index in [2.05, 4.69) is 25.9 Å². The van der Waals surface area contributed by atoms with Crippen LogP contribution in [0.3, 0.4) is 0 Å². The number of aromatic nitrogens is 2. The third-order valence-electron chi connectivity index (χ3n) is 4.49. The van der Waals surface area contributed by atoms with Gasteiger partial charge in [-0.1, -0.05) is 28.1 Å². The number of H-pyrrole nitrogens is 1. The molecule has 0 aliphatic carbocycles. The number of aliphatic imine (C=N–C) groups is 1. The number of hydrogen-bond acceptors (Lipinski definition) is 6. The Morgan fingerprint density at radius 1 is 1.17 bits per heavy atom. The van der Waals surface area contributed by atoms with E-state index in [1.807, 2.05) is 13.0 Å². The molecule has 30 heavy (non-hydrogen) atoms. The van der Waals surface area contributed by atoms with Gasteiger partial charge < -0.3 is 5.11 Å². The van der Waals surface area contributed by atoms with Gasteiger partial charge in [0.25, 0.3) is 11.2 Å². The van der Waals surface area contributed by atoms with Crippen molar-refractivity contribution in [3.8, 4) is 11.6 Å². The number of aromatic amines is 1. The number of benzene rings is 2. The Bertz CT molecular complexity index is 1320. The Morgan fingerprint density at radius 2 is 1.87 bits per heavy atom. The van der Waals surface area contributed by atoms with E-state index in [0.717, 1.165) is 16.3 Å². The lowest BCUT2D eigenvalue weighted by Gasteiger charge is -2.13. The molecule has 1 heterocycles. The van der Waals surface area contributed by atoms with Crippen LogP contribution in [0.1, 0.15) is 22.3 Å². The molecule has 0 spiro atoms. The Morgan fingerprint density at radius 3 is 2.53 bits per heavy atom. The number of nitro benzene ring substituents is 1. The molecule has 2 aromatic carbocycles. The molecule has 0 amide bonds. The highest BCUT2D eigenvalue weighted by atomic mass is 79.9. The van der Waals surface area contributed by atoms with E-state index in [4.69, 9.17) is 0 Å². The van der Waals surface area contributed by atoms with Crippen molar-refractivity contribution in [3.05, 3.63) is 88.0 Å². The van der Waals surface area contributed by atoms with E-state index < -0.39 is 22.1 Å². The standard InChI is InChI=1S/C20H17BrN4O5/c1-10-4-5-11(2)15(6-10)24-19(27)14(18(26)23-20(24)28)9-22-17-12(3)7-13(21)8-16(17)25(29)30/h4-9,27H,1-3H3,(H,23,26,28). The van der Waals surface area contributed by atoms with E-state index in [0.29, 0.717) is 21.3 Å². The third-order valence-corrected chi connectivity index (χ3v) is 4.95. The lowest BCUT2D eigenvalue weighted by molar-refractivity contribution is -0.384. The average Bonchev–Trinajstić information content (AvgIpc) is 2.65. The van der Waals surface area contributed by atoms with Gasteiger partial charge in [-0.15, -0.1) is 0 Å². The fourth-order valence-electron chi connectivity index (χ4n) is 2.99. The van der Waals surface area contributed by atoms with Crippen LogP contribution >= 0.6 is 15.9 Å². The molecule has 3 aromatic rings. The summed E-state index contributed by atoms with van der Waals surface area (Å²) in [5.41, 5.74) is 0.238. The molecule has 0 saturated heterocycles. The summed E-state index contributed by atoms with van der Waals surface area (Å²) in [5.74, 6) is -0.612. The molecule has 9 nitrogen and oxygen atoms in total. The summed E-state index contributed by atoms with van der Waals surface area (Å²) < 4.78 is 1.48. The fraction of sp³-hybridized carbons (Fsp3) is 0.150. The minimum absolute atomic E-state index is 0.0338. The van der Waals surface area contributed by atoms with Crippen LogP contribution in [0.4, 0.5) is 11.4 Å². The average molecular weight is 473 g/mol. The van der Waals surface area contributed by atoms with Gasteiger partial charge in [-0.2, -0.15) is 0 Å². The van der Waals surface area contributed by atoms with Crippen molar-refractivity contribution in [1.29, 1.82) is 0 Å². The zero-order valence-corrected chi connectivity index (χ0v) is 17.8. The van der Waals surface area contributed by atoms with Gasteiger partial charge in [0.15, 0.2) is 0 Å². The minimum Gasteiger partial charge on any atom is -0.493 e. The van der Waals surface area contributed by atoms with Crippen molar-refractivity contribution in [1.82, 2.24) is 9.55 Å². The first kappa shape index (κ1) is 21.2. The summed E-state index contributed by atoms with van der Waals surface area (Å²) >= 11 is 3.20. The number of nitrogens with zero attached hydrogens (tertiary/aromatic N) is 3. The summed E-state index contributed by atoms with van der Waals surface area (Å²) in [5, 5.41) is 22.1.